The molecule has 3 aromatic heterocycles. The molecular formula is C25H21Cl3N4O. The van der Waals surface area contributed by atoms with Crippen molar-refractivity contribution in [3.63, 3.8) is 0 Å². The van der Waals surface area contributed by atoms with Gasteiger partial charge < -0.3 is 0 Å². The van der Waals surface area contributed by atoms with E-state index in [2.05, 4.69) is 15.0 Å². The Hall–Kier alpha value is -2.99. The SMILES string of the molecule is Cl.Cl.O=C1N(c2ccc(Cl)cc2)c2ncccc2C1(Cc1ccncc1)Cc1ccccn1. The molecule has 0 saturated carbocycles. The molecule has 1 aliphatic rings. The zero-order valence-electron chi connectivity index (χ0n) is 17.5. The number of fused-ring (bicyclic) bond motifs is 1. The number of pyridine rings is 3. The van der Waals surface area contributed by atoms with E-state index in [9.17, 15) is 4.79 Å². The lowest BCUT2D eigenvalue weighted by molar-refractivity contribution is -0.122. The second kappa shape index (κ2) is 10.3. The van der Waals surface area contributed by atoms with E-state index in [0.29, 0.717) is 23.7 Å². The second-order valence-corrected chi connectivity index (χ2v) is 8.04. The molecule has 1 aliphatic heterocycles. The first-order valence-electron chi connectivity index (χ1n) is 10.0. The van der Waals surface area contributed by atoms with Gasteiger partial charge in [0.05, 0.1) is 11.1 Å². The van der Waals surface area contributed by atoms with Gasteiger partial charge in [-0.3, -0.25) is 19.7 Å². The maximum absolute atomic E-state index is 14.2. The van der Waals surface area contributed by atoms with Crippen molar-refractivity contribution in [3.05, 3.63) is 113 Å². The zero-order chi connectivity index (χ0) is 21.3. The molecule has 33 heavy (non-hydrogen) atoms. The van der Waals surface area contributed by atoms with Crippen LogP contribution in [0, 0.1) is 0 Å². The Labute approximate surface area is 209 Å². The number of amides is 1. The molecule has 0 spiro atoms. The predicted octanol–water partition coefficient (Wildman–Crippen LogP) is 5.77. The summed E-state index contributed by atoms with van der Waals surface area (Å²) in [5.74, 6) is 0.630. The molecule has 0 fully saturated rings. The van der Waals surface area contributed by atoms with Crippen molar-refractivity contribution in [2.24, 2.45) is 0 Å². The van der Waals surface area contributed by atoms with Gasteiger partial charge in [0, 0.05) is 47.5 Å². The van der Waals surface area contributed by atoms with Crippen LogP contribution in [0.4, 0.5) is 11.5 Å². The number of nitrogens with zero attached hydrogens (tertiary/aromatic N) is 4. The van der Waals surface area contributed by atoms with Crippen LogP contribution < -0.4 is 4.90 Å². The molecule has 8 heteroatoms. The number of benzene rings is 1. The third kappa shape index (κ3) is 4.58. The van der Waals surface area contributed by atoms with Crippen LogP contribution in [-0.2, 0) is 23.1 Å². The van der Waals surface area contributed by atoms with Gasteiger partial charge in [0.15, 0.2) is 0 Å². The number of rotatable bonds is 5. The fourth-order valence-electron chi connectivity index (χ4n) is 4.27. The van der Waals surface area contributed by atoms with Crippen LogP contribution >= 0.6 is 36.4 Å². The van der Waals surface area contributed by atoms with Crippen molar-refractivity contribution in [3.8, 4) is 0 Å². The van der Waals surface area contributed by atoms with Gasteiger partial charge in [0.25, 0.3) is 0 Å². The largest absolute Gasteiger partial charge is 0.273 e. The fourth-order valence-corrected chi connectivity index (χ4v) is 4.39. The highest BCUT2D eigenvalue weighted by Crippen LogP contribution is 2.47. The van der Waals surface area contributed by atoms with Gasteiger partial charge in [-0.2, -0.15) is 0 Å². The van der Waals surface area contributed by atoms with Crippen LogP contribution in [0.3, 0.4) is 0 Å². The lowest BCUT2D eigenvalue weighted by Crippen LogP contribution is -2.42. The summed E-state index contributed by atoms with van der Waals surface area (Å²) in [7, 11) is 0. The smallest absolute Gasteiger partial charge is 0.244 e. The van der Waals surface area contributed by atoms with Crippen LogP contribution in [0.5, 0.6) is 0 Å². The average molecular weight is 500 g/mol. The molecule has 1 atom stereocenters. The van der Waals surface area contributed by atoms with E-state index >= 15 is 0 Å². The first-order valence-corrected chi connectivity index (χ1v) is 10.4. The Bertz CT molecular complexity index is 1180. The van der Waals surface area contributed by atoms with Gasteiger partial charge in [0.1, 0.15) is 5.82 Å². The molecule has 0 bridgehead atoms. The Morgan fingerprint density at radius 2 is 1.52 bits per heavy atom. The van der Waals surface area contributed by atoms with Crippen LogP contribution in [0.1, 0.15) is 16.8 Å². The number of aromatic nitrogens is 3. The summed E-state index contributed by atoms with van der Waals surface area (Å²) < 4.78 is 0. The normalized spacial score (nSPS) is 16.5. The van der Waals surface area contributed by atoms with Crippen molar-refractivity contribution >= 4 is 53.8 Å². The number of halogens is 3. The Balaban J connectivity index is 0.00000153. The molecule has 5 rings (SSSR count). The highest BCUT2D eigenvalue weighted by molar-refractivity contribution is 6.30. The van der Waals surface area contributed by atoms with E-state index in [1.54, 1.807) is 41.8 Å². The first-order chi connectivity index (χ1) is 15.2. The molecule has 1 unspecified atom stereocenters. The summed E-state index contributed by atoms with van der Waals surface area (Å²) in [6.07, 6.45) is 7.98. The highest BCUT2D eigenvalue weighted by Gasteiger charge is 2.52. The Morgan fingerprint density at radius 3 is 2.21 bits per heavy atom. The average Bonchev–Trinajstić information content (AvgIpc) is 3.04. The van der Waals surface area contributed by atoms with Gasteiger partial charge >= 0.3 is 0 Å². The highest BCUT2D eigenvalue weighted by atomic mass is 35.5. The summed E-state index contributed by atoms with van der Waals surface area (Å²) >= 11 is 6.09. The van der Waals surface area contributed by atoms with Crippen LogP contribution in [0.15, 0.2) is 91.5 Å². The van der Waals surface area contributed by atoms with Crippen molar-refractivity contribution in [1.29, 1.82) is 0 Å². The van der Waals surface area contributed by atoms with Crippen molar-refractivity contribution < 1.29 is 4.79 Å². The standard InChI is InChI=1S/C25H19ClN4O.2ClH/c26-19-6-8-21(9-7-19)30-23-22(5-3-13-29-23)25(24(30)31,16-18-10-14-27-15-11-18)17-20-4-1-2-12-28-20;;/h1-15H,16-17H2;2*1H. The van der Waals surface area contributed by atoms with Gasteiger partial charge in [-0.1, -0.05) is 23.7 Å². The minimum absolute atomic E-state index is 0. The van der Waals surface area contributed by atoms with E-state index in [-0.39, 0.29) is 30.7 Å². The maximum Gasteiger partial charge on any atom is 0.244 e. The molecule has 4 heterocycles. The third-order valence-corrected chi connectivity index (χ3v) is 5.93. The molecular weight excluding hydrogens is 479 g/mol. The summed E-state index contributed by atoms with van der Waals surface area (Å²) in [5.41, 5.74) is 2.70. The monoisotopic (exact) mass is 498 g/mol. The van der Waals surface area contributed by atoms with E-state index in [4.69, 9.17) is 11.6 Å². The van der Waals surface area contributed by atoms with E-state index < -0.39 is 5.41 Å². The van der Waals surface area contributed by atoms with Gasteiger partial charge in [-0.15, -0.1) is 24.8 Å². The Kier molecular flexibility index (Phi) is 7.69. The second-order valence-electron chi connectivity index (χ2n) is 7.60. The van der Waals surface area contributed by atoms with Crippen LogP contribution in [-0.4, -0.2) is 20.9 Å². The molecule has 0 N–H and O–H groups in total. The molecule has 1 aromatic carbocycles. The van der Waals surface area contributed by atoms with Gasteiger partial charge in [-0.05, 0) is 66.6 Å². The fraction of sp³-hybridized carbons (Fsp3) is 0.120. The summed E-state index contributed by atoms with van der Waals surface area (Å²) in [5, 5.41) is 0.619. The molecule has 1 amide bonds. The summed E-state index contributed by atoms with van der Waals surface area (Å²) in [4.78, 5) is 29.2. The lowest BCUT2D eigenvalue weighted by atomic mass is 9.73. The predicted molar refractivity (Wildman–Crippen MR) is 135 cm³/mol. The number of anilines is 2. The quantitative estimate of drug-likeness (QED) is 0.350. The molecule has 168 valence electrons. The molecule has 0 radical (unpaired) electrons. The van der Waals surface area contributed by atoms with Gasteiger partial charge in [0.2, 0.25) is 5.91 Å². The molecule has 4 aromatic rings. The van der Waals surface area contributed by atoms with E-state index in [1.165, 1.54) is 0 Å². The summed E-state index contributed by atoms with van der Waals surface area (Å²) in [6.45, 7) is 0. The summed E-state index contributed by atoms with van der Waals surface area (Å²) in [6, 6.07) is 20.9. The minimum Gasteiger partial charge on any atom is -0.273 e. The zero-order valence-corrected chi connectivity index (χ0v) is 19.9. The number of hydrogen-bond acceptors (Lipinski definition) is 4. The van der Waals surface area contributed by atoms with Crippen LogP contribution in [0.2, 0.25) is 5.02 Å². The molecule has 5 nitrogen and oxygen atoms in total. The topological polar surface area (TPSA) is 59.0 Å². The van der Waals surface area contributed by atoms with Crippen molar-refractivity contribution in [1.82, 2.24) is 15.0 Å². The Morgan fingerprint density at radius 1 is 0.788 bits per heavy atom. The van der Waals surface area contributed by atoms with Crippen molar-refractivity contribution in [2.75, 3.05) is 4.90 Å². The first kappa shape index (κ1) is 24.6. The van der Waals surface area contributed by atoms with E-state index in [1.807, 2.05) is 54.6 Å². The number of carbonyl (C=O) groups is 1. The molecule has 0 aliphatic carbocycles. The van der Waals surface area contributed by atoms with Crippen LogP contribution in [0.25, 0.3) is 0 Å². The minimum atomic E-state index is -0.834. The van der Waals surface area contributed by atoms with Crippen molar-refractivity contribution in [2.45, 2.75) is 18.3 Å². The van der Waals surface area contributed by atoms with E-state index in [0.717, 1.165) is 22.5 Å². The third-order valence-electron chi connectivity index (χ3n) is 5.68. The maximum atomic E-state index is 14.2. The van der Waals surface area contributed by atoms with Gasteiger partial charge in [-0.25, -0.2) is 4.98 Å². The lowest BCUT2D eigenvalue weighted by Gasteiger charge is -2.29. The number of hydrogen-bond donors (Lipinski definition) is 0. The number of carbonyl (C=O) groups excluding carboxylic acids is 1. The molecule has 0 saturated heterocycles.